The van der Waals surface area contributed by atoms with E-state index in [2.05, 4.69) is 10.1 Å². The second-order valence-electron chi connectivity index (χ2n) is 8.00. The molecule has 8 nitrogen and oxygen atoms in total. The van der Waals surface area contributed by atoms with Crippen LogP contribution in [0.2, 0.25) is 5.02 Å². The molecule has 3 heterocycles. The zero-order chi connectivity index (χ0) is 22.1. The average Bonchev–Trinajstić information content (AvgIpc) is 3.19. The first-order chi connectivity index (χ1) is 14.8. The number of amides is 2. The van der Waals surface area contributed by atoms with Crippen molar-refractivity contribution in [2.75, 3.05) is 26.2 Å². The largest absolute Gasteiger partial charge is 0.368 e. The minimum absolute atomic E-state index is 0.0755. The van der Waals surface area contributed by atoms with Gasteiger partial charge in [0.05, 0.1) is 11.8 Å². The van der Waals surface area contributed by atoms with Crippen LogP contribution in [0.5, 0.6) is 0 Å². The number of carbonyl (C=O) groups is 2. The van der Waals surface area contributed by atoms with E-state index in [4.69, 9.17) is 17.3 Å². The zero-order valence-corrected chi connectivity index (χ0v) is 18.3. The van der Waals surface area contributed by atoms with Crippen molar-refractivity contribution in [3.8, 4) is 0 Å². The molecule has 1 atom stereocenters. The van der Waals surface area contributed by atoms with Crippen LogP contribution in [0, 0.1) is 0 Å². The molecule has 1 aromatic carbocycles. The average molecular weight is 441 g/mol. The number of primary amides is 1. The molecule has 0 unspecified atom stereocenters. The molecule has 0 bridgehead atoms. The van der Waals surface area contributed by atoms with Crippen molar-refractivity contribution >= 4 is 34.4 Å². The quantitative estimate of drug-likeness (QED) is 0.657. The van der Waals surface area contributed by atoms with Gasteiger partial charge in [-0.15, -0.1) is 0 Å². The summed E-state index contributed by atoms with van der Waals surface area (Å²) in [5, 5.41) is 5.80. The van der Waals surface area contributed by atoms with Crippen LogP contribution in [0.15, 0.2) is 42.7 Å². The number of pyridine rings is 1. The van der Waals surface area contributed by atoms with Crippen LogP contribution in [0.3, 0.4) is 0 Å². The fourth-order valence-corrected chi connectivity index (χ4v) is 4.13. The Hall–Kier alpha value is -2.97. The highest BCUT2D eigenvalue weighted by molar-refractivity contribution is 6.30. The van der Waals surface area contributed by atoms with Crippen molar-refractivity contribution in [2.24, 2.45) is 5.73 Å². The van der Waals surface area contributed by atoms with E-state index < -0.39 is 11.9 Å². The molecule has 0 aliphatic carbocycles. The predicted molar refractivity (Wildman–Crippen MR) is 119 cm³/mol. The van der Waals surface area contributed by atoms with Gasteiger partial charge in [0.2, 0.25) is 5.91 Å². The SMILES string of the molecule is CC(C)n1ncc2cc(C(=O)N3CCN([C@@H](C(N)=O)c4ccc(Cl)cc4)CC3)cnc21. The van der Waals surface area contributed by atoms with Gasteiger partial charge < -0.3 is 10.6 Å². The molecule has 2 aromatic heterocycles. The summed E-state index contributed by atoms with van der Waals surface area (Å²) in [6, 6.07) is 8.60. The summed E-state index contributed by atoms with van der Waals surface area (Å²) >= 11 is 5.96. The third-order valence-electron chi connectivity index (χ3n) is 5.59. The Morgan fingerprint density at radius 2 is 1.74 bits per heavy atom. The number of hydrogen-bond acceptors (Lipinski definition) is 5. The van der Waals surface area contributed by atoms with E-state index in [1.165, 1.54) is 0 Å². The molecule has 0 saturated carbocycles. The molecule has 2 N–H and O–H groups in total. The Morgan fingerprint density at radius 3 is 2.35 bits per heavy atom. The fourth-order valence-electron chi connectivity index (χ4n) is 4.00. The first-order valence-electron chi connectivity index (χ1n) is 10.3. The van der Waals surface area contributed by atoms with Crippen LogP contribution in [0.4, 0.5) is 0 Å². The summed E-state index contributed by atoms with van der Waals surface area (Å²) in [5.74, 6) is -0.493. The number of nitrogens with zero attached hydrogens (tertiary/aromatic N) is 5. The van der Waals surface area contributed by atoms with Crippen LogP contribution in [0.1, 0.15) is 41.9 Å². The van der Waals surface area contributed by atoms with Gasteiger partial charge in [-0.1, -0.05) is 23.7 Å². The number of piperazine rings is 1. The highest BCUT2D eigenvalue weighted by Gasteiger charge is 2.31. The molecule has 162 valence electrons. The van der Waals surface area contributed by atoms with Crippen molar-refractivity contribution in [2.45, 2.75) is 25.9 Å². The monoisotopic (exact) mass is 440 g/mol. The van der Waals surface area contributed by atoms with Gasteiger partial charge in [0, 0.05) is 48.8 Å². The molecule has 1 aliphatic rings. The summed E-state index contributed by atoms with van der Waals surface area (Å²) in [4.78, 5) is 33.4. The van der Waals surface area contributed by atoms with Crippen molar-refractivity contribution < 1.29 is 9.59 Å². The van der Waals surface area contributed by atoms with Gasteiger partial charge in [-0.05, 0) is 37.6 Å². The molecular weight excluding hydrogens is 416 g/mol. The molecule has 1 saturated heterocycles. The van der Waals surface area contributed by atoms with Crippen molar-refractivity contribution in [3.05, 3.63) is 58.9 Å². The molecule has 0 spiro atoms. The van der Waals surface area contributed by atoms with E-state index in [-0.39, 0.29) is 11.9 Å². The molecule has 2 amide bonds. The third-order valence-corrected chi connectivity index (χ3v) is 5.84. The number of aromatic nitrogens is 3. The molecule has 1 fully saturated rings. The van der Waals surface area contributed by atoms with Gasteiger partial charge in [0.15, 0.2) is 5.65 Å². The first kappa shape index (κ1) is 21.3. The summed E-state index contributed by atoms with van der Waals surface area (Å²) in [6.45, 7) is 6.16. The number of halogens is 1. The molecule has 1 aliphatic heterocycles. The zero-order valence-electron chi connectivity index (χ0n) is 17.5. The maximum Gasteiger partial charge on any atom is 0.255 e. The lowest BCUT2D eigenvalue weighted by atomic mass is 10.0. The van der Waals surface area contributed by atoms with Gasteiger partial charge in [-0.3, -0.25) is 14.5 Å². The second kappa shape index (κ2) is 8.64. The Kier molecular flexibility index (Phi) is 5.93. The lowest BCUT2D eigenvalue weighted by Gasteiger charge is -2.38. The van der Waals surface area contributed by atoms with Crippen LogP contribution in [0.25, 0.3) is 11.0 Å². The molecule has 9 heteroatoms. The van der Waals surface area contributed by atoms with E-state index in [0.717, 1.165) is 16.6 Å². The van der Waals surface area contributed by atoms with Crippen molar-refractivity contribution in [1.82, 2.24) is 24.6 Å². The first-order valence-corrected chi connectivity index (χ1v) is 10.6. The number of carbonyl (C=O) groups excluding carboxylic acids is 2. The summed E-state index contributed by atoms with van der Waals surface area (Å²) in [7, 11) is 0. The van der Waals surface area contributed by atoms with Crippen LogP contribution >= 0.6 is 11.6 Å². The van der Waals surface area contributed by atoms with E-state index in [9.17, 15) is 9.59 Å². The molecule has 3 aromatic rings. The highest BCUT2D eigenvalue weighted by atomic mass is 35.5. The summed E-state index contributed by atoms with van der Waals surface area (Å²) in [5.41, 5.74) is 7.79. The molecular formula is C22H25ClN6O2. The topological polar surface area (TPSA) is 97.4 Å². The van der Waals surface area contributed by atoms with Gasteiger partial charge in [0.1, 0.15) is 6.04 Å². The lowest BCUT2D eigenvalue weighted by Crippen LogP contribution is -2.51. The van der Waals surface area contributed by atoms with Crippen molar-refractivity contribution in [1.29, 1.82) is 0 Å². The molecule has 0 radical (unpaired) electrons. The van der Waals surface area contributed by atoms with E-state index >= 15 is 0 Å². The van der Waals surface area contributed by atoms with Gasteiger partial charge in [-0.2, -0.15) is 5.10 Å². The minimum atomic E-state index is -0.547. The molecule has 31 heavy (non-hydrogen) atoms. The smallest absolute Gasteiger partial charge is 0.255 e. The van der Waals surface area contributed by atoms with E-state index in [0.29, 0.717) is 36.8 Å². The van der Waals surface area contributed by atoms with Crippen LogP contribution < -0.4 is 5.73 Å². The van der Waals surface area contributed by atoms with Gasteiger partial charge >= 0.3 is 0 Å². The number of rotatable bonds is 5. The Bertz CT molecular complexity index is 1100. The highest BCUT2D eigenvalue weighted by Crippen LogP contribution is 2.24. The third kappa shape index (κ3) is 4.26. The normalized spacial score (nSPS) is 16.1. The number of nitrogens with two attached hydrogens (primary N) is 1. The maximum absolute atomic E-state index is 13.0. The fraction of sp³-hybridized carbons (Fsp3) is 0.364. The van der Waals surface area contributed by atoms with Gasteiger partial charge in [0.25, 0.3) is 5.91 Å². The Morgan fingerprint density at radius 1 is 1.06 bits per heavy atom. The van der Waals surface area contributed by atoms with Crippen molar-refractivity contribution in [3.63, 3.8) is 0 Å². The van der Waals surface area contributed by atoms with Crippen LogP contribution in [-0.2, 0) is 4.79 Å². The van der Waals surface area contributed by atoms with E-state index in [1.807, 2.05) is 41.6 Å². The summed E-state index contributed by atoms with van der Waals surface area (Å²) in [6.07, 6.45) is 3.35. The minimum Gasteiger partial charge on any atom is -0.368 e. The van der Waals surface area contributed by atoms with Crippen LogP contribution in [-0.4, -0.2) is 62.6 Å². The predicted octanol–water partition coefficient (Wildman–Crippen LogP) is 2.65. The maximum atomic E-state index is 13.0. The lowest BCUT2D eigenvalue weighted by molar-refractivity contribution is -0.124. The standard InChI is InChI=1S/C22H25ClN6O2/c1-14(2)29-21-16(13-26-29)11-17(12-25-21)22(31)28-9-7-27(8-10-28)19(20(24)30)15-3-5-18(23)6-4-15/h3-6,11-14,19H,7-10H2,1-2H3,(H2,24,30)/t19-/m1/s1. The Labute approximate surface area is 185 Å². The number of benzene rings is 1. The number of fused-ring (bicyclic) bond motifs is 1. The second-order valence-corrected chi connectivity index (χ2v) is 8.44. The van der Waals surface area contributed by atoms with Gasteiger partial charge in [-0.25, -0.2) is 9.67 Å². The summed E-state index contributed by atoms with van der Waals surface area (Å²) < 4.78 is 1.84. The molecule has 4 rings (SSSR count). The number of hydrogen-bond donors (Lipinski definition) is 1. The van der Waals surface area contributed by atoms with E-state index in [1.54, 1.807) is 29.4 Å². The Balaban J connectivity index is 1.46.